The molecule has 0 N–H and O–H groups in total. The number of halogens is 4. The first-order chi connectivity index (χ1) is 7.06. The summed E-state index contributed by atoms with van der Waals surface area (Å²) in [6.07, 6.45) is 0. The molecule has 0 aliphatic heterocycles. The lowest BCUT2D eigenvalue weighted by Gasteiger charge is -2.13. The van der Waals surface area contributed by atoms with Crippen molar-refractivity contribution in [2.75, 3.05) is 6.61 Å². The van der Waals surface area contributed by atoms with Gasteiger partial charge in [0.2, 0.25) is 0 Å². The fourth-order valence-electron chi connectivity index (χ4n) is 0.992. The Kier molecular flexibility index (Phi) is 4.42. The monoisotopic (exact) mass is 256 g/mol. The van der Waals surface area contributed by atoms with Crippen molar-refractivity contribution in [1.82, 2.24) is 0 Å². The van der Waals surface area contributed by atoms with Crippen LogP contribution in [0, 0.1) is 0 Å². The van der Waals surface area contributed by atoms with Gasteiger partial charge in [0.1, 0.15) is 0 Å². The Morgan fingerprint density at radius 2 is 1.73 bits per heavy atom. The zero-order chi connectivity index (χ0) is 11.4. The van der Waals surface area contributed by atoms with Crippen LogP contribution in [0.25, 0.3) is 0 Å². The fourth-order valence-corrected chi connectivity index (χ4v) is 1.39. The molecule has 15 heavy (non-hydrogen) atoms. The quantitative estimate of drug-likeness (QED) is 0.811. The summed E-state index contributed by atoms with van der Waals surface area (Å²) in [6, 6.07) is 2.82. The lowest BCUT2D eigenvalue weighted by Crippen LogP contribution is -2.05. The Labute approximate surface area is 95.7 Å². The van der Waals surface area contributed by atoms with E-state index in [1.807, 2.05) is 0 Å². The molecule has 0 spiro atoms. The van der Waals surface area contributed by atoms with Gasteiger partial charge in [-0.2, -0.15) is 8.78 Å². The first-order valence-electron chi connectivity index (χ1n) is 4.11. The highest BCUT2D eigenvalue weighted by atomic mass is 35.5. The lowest BCUT2D eigenvalue weighted by atomic mass is 10.3. The molecule has 6 heteroatoms. The molecule has 0 saturated carbocycles. The molecule has 84 valence electrons. The highest BCUT2D eigenvalue weighted by molar-refractivity contribution is 6.35. The van der Waals surface area contributed by atoms with Crippen LogP contribution in [0.5, 0.6) is 11.5 Å². The molecule has 0 bridgehead atoms. The topological polar surface area (TPSA) is 18.5 Å². The molecule has 0 amide bonds. The van der Waals surface area contributed by atoms with Crippen LogP contribution in [-0.4, -0.2) is 13.2 Å². The highest BCUT2D eigenvalue weighted by Crippen LogP contribution is 2.41. The average Bonchev–Trinajstić information content (AvgIpc) is 2.17. The number of hydrogen-bond donors (Lipinski definition) is 0. The second-order valence-electron chi connectivity index (χ2n) is 2.50. The van der Waals surface area contributed by atoms with Crippen LogP contribution in [0.3, 0.4) is 0 Å². The van der Waals surface area contributed by atoms with Gasteiger partial charge >= 0.3 is 6.61 Å². The van der Waals surface area contributed by atoms with Crippen LogP contribution in [0.15, 0.2) is 12.1 Å². The SMILES string of the molecule is CCOc1c(Cl)ccc(Cl)c1OC(F)F. The zero-order valence-corrected chi connectivity index (χ0v) is 9.28. The molecule has 0 atom stereocenters. The Morgan fingerprint density at radius 3 is 2.20 bits per heavy atom. The lowest BCUT2D eigenvalue weighted by molar-refractivity contribution is -0.0513. The minimum atomic E-state index is -2.97. The van der Waals surface area contributed by atoms with Crippen molar-refractivity contribution in [2.24, 2.45) is 0 Å². The van der Waals surface area contributed by atoms with Gasteiger partial charge in [-0.3, -0.25) is 0 Å². The maximum absolute atomic E-state index is 12.1. The van der Waals surface area contributed by atoms with E-state index >= 15 is 0 Å². The Morgan fingerprint density at radius 1 is 1.20 bits per heavy atom. The Balaban J connectivity index is 3.12. The summed E-state index contributed by atoms with van der Waals surface area (Å²) in [4.78, 5) is 0. The number of alkyl halides is 2. The molecule has 0 heterocycles. The number of benzene rings is 1. The van der Waals surface area contributed by atoms with Crippen molar-refractivity contribution in [2.45, 2.75) is 13.5 Å². The summed E-state index contributed by atoms with van der Waals surface area (Å²) in [7, 11) is 0. The van der Waals surface area contributed by atoms with Gasteiger partial charge in [-0.05, 0) is 19.1 Å². The van der Waals surface area contributed by atoms with Crippen molar-refractivity contribution in [3.8, 4) is 11.5 Å². The van der Waals surface area contributed by atoms with Gasteiger partial charge in [0.05, 0.1) is 16.7 Å². The van der Waals surface area contributed by atoms with E-state index in [9.17, 15) is 8.78 Å². The summed E-state index contributed by atoms with van der Waals surface area (Å²) in [5.74, 6) is -0.201. The van der Waals surface area contributed by atoms with Crippen LogP contribution in [-0.2, 0) is 0 Å². The molecule has 1 aromatic carbocycles. The van der Waals surface area contributed by atoms with E-state index in [0.717, 1.165) is 0 Å². The molecular formula is C9H8Cl2F2O2. The molecule has 2 nitrogen and oxygen atoms in total. The maximum Gasteiger partial charge on any atom is 0.387 e. The van der Waals surface area contributed by atoms with E-state index in [1.165, 1.54) is 12.1 Å². The molecule has 0 aromatic heterocycles. The third-order valence-electron chi connectivity index (χ3n) is 1.51. The summed E-state index contributed by atoms with van der Waals surface area (Å²) < 4.78 is 33.5. The van der Waals surface area contributed by atoms with Gasteiger partial charge in [0.25, 0.3) is 0 Å². The first-order valence-corrected chi connectivity index (χ1v) is 4.87. The van der Waals surface area contributed by atoms with E-state index in [2.05, 4.69) is 4.74 Å². The second-order valence-corrected chi connectivity index (χ2v) is 3.31. The van der Waals surface area contributed by atoms with Crippen molar-refractivity contribution >= 4 is 23.2 Å². The van der Waals surface area contributed by atoms with Crippen LogP contribution in [0.2, 0.25) is 10.0 Å². The van der Waals surface area contributed by atoms with E-state index in [4.69, 9.17) is 27.9 Å². The van der Waals surface area contributed by atoms with Crippen LogP contribution >= 0.6 is 23.2 Å². The zero-order valence-electron chi connectivity index (χ0n) is 7.77. The number of hydrogen-bond acceptors (Lipinski definition) is 2. The van der Waals surface area contributed by atoms with Crippen molar-refractivity contribution in [1.29, 1.82) is 0 Å². The van der Waals surface area contributed by atoms with E-state index < -0.39 is 6.61 Å². The van der Waals surface area contributed by atoms with Gasteiger partial charge in [0, 0.05) is 0 Å². The fraction of sp³-hybridized carbons (Fsp3) is 0.333. The van der Waals surface area contributed by atoms with Crippen LogP contribution in [0.4, 0.5) is 8.78 Å². The van der Waals surface area contributed by atoms with Gasteiger partial charge in [-0.25, -0.2) is 0 Å². The van der Waals surface area contributed by atoms with E-state index in [0.29, 0.717) is 0 Å². The predicted molar refractivity (Wildman–Crippen MR) is 54.3 cm³/mol. The molecule has 0 fully saturated rings. The summed E-state index contributed by atoms with van der Waals surface area (Å²) in [5.41, 5.74) is 0. The average molecular weight is 257 g/mol. The van der Waals surface area contributed by atoms with Gasteiger partial charge in [-0.1, -0.05) is 23.2 Å². The minimum absolute atomic E-state index is 0.0307. The minimum Gasteiger partial charge on any atom is -0.488 e. The highest BCUT2D eigenvalue weighted by Gasteiger charge is 2.17. The van der Waals surface area contributed by atoms with Crippen LogP contribution < -0.4 is 9.47 Å². The second kappa shape index (κ2) is 5.37. The Hall–Kier alpha value is -0.740. The molecule has 0 saturated heterocycles. The molecular weight excluding hydrogens is 249 g/mol. The van der Waals surface area contributed by atoms with E-state index in [1.54, 1.807) is 6.92 Å². The largest absolute Gasteiger partial charge is 0.488 e. The normalized spacial score (nSPS) is 10.5. The number of rotatable bonds is 4. The molecule has 0 unspecified atom stereocenters. The van der Waals surface area contributed by atoms with Gasteiger partial charge in [-0.15, -0.1) is 0 Å². The van der Waals surface area contributed by atoms with Gasteiger partial charge < -0.3 is 9.47 Å². The van der Waals surface area contributed by atoms with Crippen molar-refractivity contribution < 1.29 is 18.3 Å². The van der Waals surface area contributed by atoms with Gasteiger partial charge in [0.15, 0.2) is 11.5 Å². The van der Waals surface area contributed by atoms with Crippen molar-refractivity contribution in [3.05, 3.63) is 22.2 Å². The Bertz CT molecular complexity index is 345. The number of ether oxygens (including phenoxy) is 2. The molecule has 0 aliphatic carbocycles. The first kappa shape index (κ1) is 12.3. The van der Waals surface area contributed by atoms with Crippen molar-refractivity contribution in [3.63, 3.8) is 0 Å². The summed E-state index contributed by atoms with van der Waals surface area (Å²) in [6.45, 7) is -0.997. The molecule has 1 rings (SSSR count). The maximum atomic E-state index is 12.1. The predicted octanol–water partition coefficient (Wildman–Crippen LogP) is 3.99. The summed E-state index contributed by atoms with van der Waals surface area (Å²) >= 11 is 11.4. The molecule has 0 radical (unpaired) electrons. The van der Waals surface area contributed by atoms with Crippen LogP contribution in [0.1, 0.15) is 6.92 Å². The molecule has 1 aromatic rings. The summed E-state index contributed by atoms with van der Waals surface area (Å²) in [5, 5.41) is 0.208. The standard InChI is InChI=1S/C9H8Cl2F2O2/c1-2-14-7-5(10)3-4-6(11)8(7)15-9(12)13/h3-4,9H,2H2,1H3. The third-order valence-corrected chi connectivity index (χ3v) is 2.11. The van der Waals surface area contributed by atoms with E-state index in [-0.39, 0.29) is 28.2 Å². The molecule has 0 aliphatic rings. The smallest absolute Gasteiger partial charge is 0.387 e. The third kappa shape index (κ3) is 3.11.